The summed E-state index contributed by atoms with van der Waals surface area (Å²) in [4.78, 5) is 9.74. The van der Waals surface area contributed by atoms with E-state index in [-0.39, 0.29) is 6.61 Å². The highest BCUT2D eigenvalue weighted by molar-refractivity contribution is 5.10. The molecule has 0 amide bonds. The maximum atomic E-state index is 9.46. The fourth-order valence-corrected chi connectivity index (χ4v) is 3.83. The zero-order valence-electron chi connectivity index (χ0n) is 14.2. The molecule has 23 heavy (non-hydrogen) atoms. The monoisotopic (exact) mass is 319 g/mol. The van der Waals surface area contributed by atoms with Crippen LogP contribution in [0, 0.1) is 6.92 Å². The predicted octanol–water partition coefficient (Wildman–Crippen LogP) is 1.44. The Balaban J connectivity index is 1.62. The van der Waals surface area contributed by atoms with Gasteiger partial charge in [0.1, 0.15) is 0 Å². The minimum atomic E-state index is 0.254. The van der Waals surface area contributed by atoms with Gasteiger partial charge in [-0.25, -0.2) is 0 Å². The van der Waals surface area contributed by atoms with Gasteiger partial charge >= 0.3 is 0 Å². The second kappa shape index (κ2) is 8.20. The van der Waals surface area contributed by atoms with Crippen LogP contribution < -0.4 is 0 Å². The van der Waals surface area contributed by atoms with E-state index in [1.807, 2.05) is 13.0 Å². The van der Waals surface area contributed by atoms with Crippen LogP contribution in [0.15, 0.2) is 18.2 Å². The number of piperazine rings is 1. The van der Waals surface area contributed by atoms with Gasteiger partial charge in [0.2, 0.25) is 0 Å². The largest absolute Gasteiger partial charge is 0.396 e. The van der Waals surface area contributed by atoms with Crippen LogP contribution in [-0.4, -0.2) is 71.4 Å². The molecule has 5 heteroatoms. The number of nitrogens with zero attached hydrogens (tertiary/aromatic N) is 3. The number of rotatable bonds is 5. The number of ether oxygens (including phenoxy) is 1. The Morgan fingerprint density at radius 3 is 2.83 bits per heavy atom. The summed E-state index contributed by atoms with van der Waals surface area (Å²) in [6, 6.07) is 7.30. The minimum absolute atomic E-state index is 0.254. The molecule has 0 aliphatic carbocycles. The topological polar surface area (TPSA) is 48.8 Å². The smallest absolute Gasteiger partial charge is 0.0547 e. The van der Waals surface area contributed by atoms with Crippen molar-refractivity contribution in [2.75, 3.05) is 39.5 Å². The van der Waals surface area contributed by atoms with Gasteiger partial charge < -0.3 is 9.84 Å². The number of aryl methyl sites for hydroxylation is 1. The number of aromatic nitrogens is 1. The third kappa shape index (κ3) is 4.51. The van der Waals surface area contributed by atoms with Gasteiger partial charge in [0.15, 0.2) is 0 Å². The molecule has 0 radical (unpaired) electrons. The number of hydrogen-bond acceptors (Lipinski definition) is 5. The first kappa shape index (κ1) is 16.8. The van der Waals surface area contributed by atoms with E-state index in [0.717, 1.165) is 70.0 Å². The van der Waals surface area contributed by atoms with Gasteiger partial charge in [0, 0.05) is 63.8 Å². The number of aliphatic hydroxyl groups excluding tert-OH is 1. The number of pyridine rings is 1. The molecule has 128 valence electrons. The Kier molecular flexibility index (Phi) is 6.00. The van der Waals surface area contributed by atoms with E-state index >= 15 is 0 Å². The Bertz CT molecular complexity index is 491. The van der Waals surface area contributed by atoms with Crippen LogP contribution in [-0.2, 0) is 11.3 Å². The molecule has 2 aliphatic rings. The van der Waals surface area contributed by atoms with Crippen molar-refractivity contribution < 1.29 is 9.84 Å². The number of hydrogen-bond donors (Lipinski definition) is 1. The van der Waals surface area contributed by atoms with Crippen LogP contribution in [0.25, 0.3) is 0 Å². The van der Waals surface area contributed by atoms with Crippen molar-refractivity contribution in [2.45, 2.75) is 44.8 Å². The summed E-state index contributed by atoms with van der Waals surface area (Å²) >= 11 is 0. The first-order valence-corrected chi connectivity index (χ1v) is 8.85. The third-order valence-corrected chi connectivity index (χ3v) is 5.12. The SMILES string of the molecule is Cc1cccc(CN2CCN(C3CCOCC3)C[C@H]2CCO)n1. The Hall–Kier alpha value is -1.01. The summed E-state index contributed by atoms with van der Waals surface area (Å²) in [7, 11) is 0. The summed E-state index contributed by atoms with van der Waals surface area (Å²) in [6.07, 6.45) is 3.13. The van der Waals surface area contributed by atoms with Crippen LogP contribution in [0.4, 0.5) is 0 Å². The molecular weight excluding hydrogens is 290 g/mol. The summed E-state index contributed by atoms with van der Waals surface area (Å²) in [5, 5.41) is 9.46. The highest BCUT2D eigenvalue weighted by atomic mass is 16.5. The maximum Gasteiger partial charge on any atom is 0.0547 e. The minimum Gasteiger partial charge on any atom is -0.396 e. The fourth-order valence-electron chi connectivity index (χ4n) is 3.83. The predicted molar refractivity (Wildman–Crippen MR) is 90.3 cm³/mol. The molecule has 1 aromatic rings. The van der Waals surface area contributed by atoms with Crippen LogP contribution in [0.5, 0.6) is 0 Å². The fraction of sp³-hybridized carbons (Fsp3) is 0.722. The van der Waals surface area contributed by atoms with Crippen LogP contribution in [0.3, 0.4) is 0 Å². The Morgan fingerprint density at radius 1 is 1.26 bits per heavy atom. The highest BCUT2D eigenvalue weighted by Gasteiger charge is 2.31. The average molecular weight is 319 g/mol. The van der Waals surface area contributed by atoms with E-state index in [4.69, 9.17) is 4.74 Å². The second-order valence-corrected chi connectivity index (χ2v) is 6.75. The molecular formula is C18H29N3O2. The first-order chi connectivity index (χ1) is 11.3. The van der Waals surface area contributed by atoms with Crippen LogP contribution >= 0.6 is 0 Å². The summed E-state index contributed by atoms with van der Waals surface area (Å²) in [6.45, 7) is 8.18. The molecule has 2 fully saturated rings. The molecule has 3 rings (SSSR count). The van der Waals surface area contributed by atoms with E-state index in [0.29, 0.717) is 12.1 Å². The zero-order valence-corrected chi connectivity index (χ0v) is 14.2. The Labute approximate surface area is 139 Å². The summed E-state index contributed by atoms with van der Waals surface area (Å²) in [5.41, 5.74) is 2.20. The summed E-state index contributed by atoms with van der Waals surface area (Å²) in [5.74, 6) is 0. The van der Waals surface area contributed by atoms with Crippen molar-refractivity contribution in [3.63, 3.8) is 0 Å². The van der Waals surface area contributed by atoms with E-state index in [1.54, 1.807) is 0 Å². The van der Waals surface area contributed by atoms with E-state index in [1.165, 1.54) is 0 Å². The van der Waals surface area contributed by atoms with Gasteiger partial charge in [-0.15, -0.1) is 0 Å². The quantitative estimate of drug-likeness (QED) is 0.890. The number of aliphatic hydroxyl groups is 1. The molecule has 0 unspecified atom stereocenters. The van der Waals surface area contributed by atoms with Gasteiger partial charge in [-0.1, -0.05) is 6.07 Å². The van der Waals surface area contributed by atoms with Crippen molar-refractivity contribution in [2.24, 2.45) is 0 Å². The van der Waals surface area contributed by atoms with Crippen molar-refractivity contribution in [3.05, 3.63) is 29.6 Å². The van der Waals surface area contributed by atoms with Gasteiger partial charge in [0.05, 0.1) is 5.69 Å². The van der Waals surface area contributed by atoms with E-state index in [2.05, 4.69) is 26.9 Å². The lowest BCUT2D eigenvalue weighted by Crippen LogP contribution is -2.56. The molecule has 2 aliphatic heterocycles. The van der Waals surface area contributed by atoms with Crippen LogP contribution in [0.2, 0.25) is 0 Å². The lowest BCUT2D eigenvalue weighted by Gasteiger charge is -2.45. The lowest BCUT2D eigenvalue weighted by molar-refractivity contribution is -0.0119. The molecule has 0 spiro atoms. The van der Waals surface area contributed by atoms with Gasteiger partial charge in [0.25, 0.3) is 0 Å². The van der Waals surface area contributed by atoms with Gasteiger partial charge in [-0.3, -0.25) is 14.8 Å². The third-order valence-electron chi connectivity index (χ3n) is 5.12. The Morgan fingerprint density at radius 2 is 2.09 bits per heavy atom. The van der Waals surface area contributed by atoms with Crippen molar-refractivity contribution >= 4 is 0 Å². The van der Waals surface area contributed by atoms with Crippen molar-refractivity contribution in [1.29, 1.82) is 0 Å². The molecule has 0 aromatic carbocycles. The van der Waals surface area contributed by atoms with Crippen molar-refractivity contribution in [1.82, 2.24) is 14.8 Å². The van der Waals surface area contributed by atoms with E-state index < -0.39 is 0 Å². The molecule has 0 saturated carbocycles. The molecule has 5 nitrogen and oxygen atoms in total. The van der Waals surface area contributed by atoms with Crippen molar-refractivity contribution in [3.8, 4) is 0 Å². The van der Waals surface area contributed by atoms with E-state index in [9.17, 15) is 5.11 Å². The summed E-state index contributed by atoms with van der Waals surface area (Å²) < 4.78 is 5.49. The van der Waals surface area contributed by atoms with Crippen LogP contribution in [0.1, 0.15) is 30.7 Å². The molecule has 1 atom stereocenters. The molecule has 1 aromatic heterocycles. The average Bonchev–Trinajstić information content (AvgIpc) is 2.57. The normalized spacial score (nSPS) is 24.9. The first-order valence-electron chi connectivity index (χ1n) is 8.85. The second-order valence-electron chi connectivity index (χ2n) is 6.75. The zero-order chi connectivity index (χ0) is 16.1. The maximum absolute atomic E-state index is 9.46. The molecule has 1 N–H and O–H groups in total. The molecule has 0 bridgehead atoms. The molecule has 3 heterocycles. The highest BCUT2D eigenvalue weighted by Crippen LogP contribution is 2.22. The molecule has 2 saturated heterocycles. The lowest BCUT2D eigenvalue weighted by atomic mass is 10.0. The standard InChI is InChI=1S/C18H29N3O2/c1-15-3-2-4-16(19-15)13-20-8-9-21(14-18(20)5-10-22)17-6-11-23-12-7-17/h2-4,17-18,22H,5-14H2,1H3/t18-/m1/s1. The van der Waals surface area contributed by atoms with Gasteiger partial charge in [-0.05, 0) is 38.3 Å². The van der Waals surface area contributed by atoms with Gasteiger partial charge in [-0.2, -0.15) is 0 Å².